The van der Waals surface area contributed by atoms with Crippen molar-refractivity contribution in [2.45, 2.75) is 46.0 Å². The third kappa shape index (κ3) is 5.56. The zero-order valence-corrected chi connectivity index (χ0v) is 8.88. The molecule has 0 bridgehead atoms. The van der Waals surface area contributed by atoms with Gasteiger partial charge in [-0.1, -0.05) is 26.7 Å². The molecule has 0 fully saturated rings. The molecule has 0 aliphatic rings. The average Bonchev–Trinajstić information content (AvgIpc) is 2.02. The van der Waals surface area contributed by atoms with Gasteiger partial charge in [0.1, 0.15) is 0 Å². The van der Waals surface area contributed by atoms with E-state index in [1.807, 2.05) is 13.8 Å². The van der Waals surface area contributed by atoms with Crippen LogP contribution in [0.5, 0.6) is 0 Å². The lowest BCUT2D eigenvalue weighted by Gasteiger charge is -2.19. The first-order valence-corrected chi connectivity index (χ1v) is 4.88. The molecule has 0 unspecified atom stereocenters. The summed E-state index contributed by atoms with van der Waals surface area (Å²) in [5, 5.41) is 8.39. The Kier molecular flexibility index (Phi) is 5.20. The minimum absolute atomic E-state index is 0.205. The highest BCUT2D eigenvalue weighted by atomic mass is 16.4. The van der Waals surface area contributed by atoms with Crippen LogP contribution in [-0.4, -0.2) is 17.0 Å². The van der Waals surface area contributed by atoms with Gasteiger partial charge in [0.2, 0.25) is 5.91 Å². The van der Waals surface area contributed by atoms with Crippen LogP contribution in [0.25, 0.3) is 0 Å². The maximum absolute atomic E-state index is 10.9. The van der Waals surface area contributed by atoms with E-state index in [1.54, 1.807) is 0 Å². The van der Waals surface area contributed by atoms with Crippen LogP contribution >= 0.6 is 0 Å². The molecule has 0 saturated heterocycles. The number of hydrogen-bond donors (Lipinski definition) is 2. The number of carbonyl (C=O) groups is 2. The summed E-state index contributed by atoms with van der Waals surface area (Å²) in [5.74, 6) is -1.06. The Morgan fingerprint density at radius 1 is 1.21 bits per heavy atom. The van der Waals surface area contributed by atoms with E-state index in [1.165, 1.54) is 0 Å². The Balaban J connectivity index is 3.54. The van der Waals surface area contributed by atoms with E-state index in [0.717, 1.165) is 19.3 Å². The lowest BCUT2D eigenvalue weighted by atomic mass is 9.86. The third-order valence-corrected chi connectivity index (χ3v) is 2.36. The van der Waals surface area contributed by atoms with Gasteiger partial charge in [-0.3, -0.25) is 9.59 Å². The Hall–Kier alpha value is -1.06. The summed E-state index contributed by atoms with van der Waals surface area (Å²) in [6, 6.07) is 0. The molecule has 3 N–H and O–H groups in total. The second kappa shape index (κ2) is 5.62. The van der Waals surface area contributed by atoms with E-state index >= 15 is 0 Å². The number of carbonyl (C=O) groups excluding carboxylic acids is 1. The molecule has 0 aliphatic heterocycles. The molecule has 4 heteroatoms. The Morgan fingerprint density at radius 3 is 2.21 bits per heavy atom. The monoisotopic (exact) mass is 201 g/mol. The van der Waals surface area contributed by atoms with Crippen molar-refractivity contribution in [3.8, 4) is 0 Å². The quantitative estimate of drug-likeness (QED) is 0.613. The number of primary amides is 1. The molecule has 14 heavy (non-hydrogen) atoms. The molecule has 0 aromatic carbocycles. The molecule has 0 atom stereocenters. The second-order valence-electron chi connectivity index (χ2n) is 4.20. The summed E-state index contributed by atoms with van der Waals surface area (Å²) >= 11 is 0. The molecule has 0 radical (unpaired) electrons. The number of rotatable bonds is 7. The van der Waals surface area contributed by atoms with Gasteiger partial charge in [0.15, 0.2) is 0 Å². The summed E-state index contributed by atoms with van der Waals surface area (Å²) < 4.78 is 0. The molecule has 0 rings (SSSR count). The van der Waals surface area contributed by atoms with Crippen molar-refractivity contribution >= 4 is 11.9 Å². The van der Waals surface area contributed by atoms with E-state index in [4.69, 9.17) is 10.8 Å². The van der Waals surface area contributed by atoms with Gasteiger partial charge >= 0.3 is 5.97 Å². The van der Waals surface area contributed by atoms with Gasteiger partial charge in [0.05, 0.1) is 0 Å². The molecule has 4 nitrogen and oxygen atoms in total. The normalized spacial score (nSPS) is 11.3. The first kappa shape index (κ1) is 12.9. The second-order valence-corrected chi connectivity index (χ2v) is 4.20. The van der Waals surface area contributed by atoms with Crippen LogP contribution in [0.1, 0.15) is 46.0 Å². The highest BCUT2D eigenvalue weighted by molar-refractivity contribution is 5.79. The summed E-state index contributed by atoms with van der Waals surface area (Å²) in [6.45, 7) is 3.62. The molecule has 82 valence electrons. The highest BCUT2D eigenvalue weighted by Crippen LogP contribution is 2.23. The van der Waals surface area contributed by atoms with Crippen LogP contribution in [0.2, 0.25) is 0 Å². The van der Waals surface area contributed by atoms with Gasteiger partial charge in [-0.15, -0.1) is 0 Å². The van der Waals surface area contributed by atoms with E-state index in [0.29, 0.717) is 6.42 Å². The van der Waals surface area contributed by atoms with Crippen molar-refractivity contribution in [2.24, 2.45) is 11.1 Å². The predicted octanol–water partition coefficient (Wildman–Crippen LogP) is 1.53. The van der Waals surface area contributed by atoms with Crippen LogP contribution in [0.3, 0.4) is 0 Å². The fraction of sp³-hybridized carbons (Fsp3) is 0.800. The minimum atomic E-state index is -0.765. The van der Waals surface area contributed by atoms with Crippen molar-refractivity contribution in [1.29, 1.82) is 0 Å². The fourth-order valence-corrected chi connectivity index (χ4v) is 1.14. The Bertz CT molecular complexity index is 211. The van der Waals surface area contributed by atoms with E-state index < -0.39 is 11.4 Å². The number of unbranched alkanes of at least 4 members (excludes halogenated alkanes) is 2. The van der Waals surface area contributed by atoms with E-state index in [-0.39, 0.29) is 12.3 Å². The zero-order valence-electron chi connectivity index (χ0n) is 8.88. The molecule has 1 amide bonds. The van der Waals surface area contributed by atoms with Crippen LogP contribution in [-0.2, 0) is 9.59 Å². The predicted molar refractivity (Wildman–Crippen MR) is 53.7 cm³/mol. The molecule has 0 heterocycles. The summed E-state index contributed by atoms with van der Waals surface area (Å²) in [4.78, 5) is 21.1. The number of carboxylic acids is 1. The Morgan fingerprint density at radius 2 is 1.79 bits per heavy atom. The fourth-order valence-electron chi connectivity index (χ4n) is 1.14. The van der Waals surface area contributed by atoms with Gasteiger partial charge in [-0.2, -0.15) is 0 Å². The summed E-state index contributed by atoms with van der Waals surface area (Å²) in [5.41, 5.74) is 4.73. The minimum Gasteiger partial charge on any atom is -0.481 e. The summed E-state index contributed by atoms with van der Waals surface area (Å²) in [7, 11) is 0. The van der Waals surface area contributed by atoms with Gasteiger partial charge in [0.25, 0.3) is 0 Å². The maximum Gasteiger partial charge on any atom is 0.303 e. The zero-order chi connectivity index (χ0) is 11.2. The number of carboxylic acid groups (broad SMARTS) is 1. The lowest BCUT2D eigenvalue weighted by Crippen LogP contribution is -2.31. The first-order valence-electron chi connectivity index (χ1n) is 4.88. The lowest BCUT2D eigenvalue weighted by molar-refractivity contribution is -0.137. The van der Waals surface area contributed by atoms with Crippen molar-refractivity contribution < 1.29 is 14.7 Å². The molecule has 0 spiro atoms. The van der Waals surface area contributed by atoms with Crippen molar-refractivity contribution in [3.63, 3.8) is 0 Å². The first-order chi connectivity index (χ1) is 6.36. The molecule has 0 aromatic heterocycles. The smallest absolute Gasteiger partial charge is 0.303 e. The molecular weight excluding hydrogens is 182 g/mol. The van der Waals surface area contributed by atoms with Crippen molar-refractivity contribution in [1.82, 2.24) is 0 Å². The molecule has 0 aromatic rings. The third-order valence-electron chi connectivity index (χ3n) is 2.36. The largest absolute Gasteiger partial charge is 0.481 e. The average molecular weight is 201 g/mol. The molecule has 0 aliphatic carbocycles. The maximum atomic E-state index is 10.9. The topological polar surface area (TPSA) is 80.4 Å². The van der Waals surface area contributed by atoms with Crippen LogP contribution in [0.4, 0.5) is 0 Å². The van der Waals surface area contributed by atoms with Crippen LogP contribution < -0.4 is 5.73 Å². The number of aliphatic carboxylic acids is 1. The standard InChI is InChI=1S/C10H19NO3/c1-10(2,9(11)14)7-5-3-4-6-8(12)13/h3-7H2,1-2H3,(H2,11,14)(H,12,13). The van der Waals surface area contributed by atoms with Crippen molar-refractivity contribution in [2.75, 3.05) is 0 Å². The SMILES string of the molecule is CC(C)(CCCCCC(=O)O)C(N)=O. The van der Waals surface area contributed by atoms with Crippen LogP contribution in [0, 0.1) is 5.41 Å². The van der Waals surface area contributed by atoms with Crippen molar-refractivity contribution in [3.05, 3.63) is 0 Å². The van der Waals surface area contributed by atoms with Gasteiger partial charge in [-0.25, -0.2) is 0 Å². The van der Waals surface area contributed by atoms with Gasteiger partial charge in [-0.05, 0) is 12.8 Å². The number of amides is 1. The molecular formula is C10H19NO3. The number of hydrogen-bond acceptors (Lipinski definition) is 2. The van der Waals surface area contributed by atoms with E-state index in [2.05, 4.69) is 0 Å². The summed E-state index contributed by atoms with van der Waals surface area (Å²) in [6.07, 6.45) is 3.29. The van der Waals surface area contributed by atoms with Gasteiger partial charge in [0, 0.05) is 11.8 Å². The molecule has 0 saturated carbocycles. The van der Waals surface area contributed by atoms with E-state index in [9.17, 15) is 9.59 Å². The van der Waals surface area contributed by atoms with Gasteiger partial charge < -0.3 is 10.8 Å². The van der Waals surface area contributed by atoms with Crippen LogP contribution in [0.15, 0.2) is 0 Å². The number of nitrogens with two attached hydrogens (primary N) is 1. The highest BCUT2D eigenvalue weighted by Gasteiger charge is 2.23. The Labute approximate surface area is 84.5 Å².